The van der Waals surface area contributed by atoms with Gasteiger partial charge in [-0.2, -0.15) is 0 Å². The lowest BCUT2D eigenvalue weighted by atomic mass is 9.89. The number of hydrogen-bond donors (Lipinski definition) is 1. The first-order chi connectivity index (χ1) is 10.5. The van der Waals surface area contributed by atoms with E-state index in [1.165, 1.54) is 18.4 Å². The fourth-order valence-electron chi connectivity index (χ4n) is 2.96. The monoisotopic (exact) mass is 303 g/mol. The van der Waals surface area contributed by atoms with Crippen molar-refractivity contribution in [3.63, 3.8) is 0 Å². The van der Waals surface area contributed by atoms with Crippen LogP contribution in [0.3, 0.4) is 0 Å². The average Bonchev–Trinajstić information content (AvgIpc) is 3.29. The van der Waals surface area contributed by atoms with E-state index < -0.39 is 0 Å². The molecule has 1 unspecified atom stereocenters. The lowest BCUT2D eigenvalue weighted by Gasteiger charge is -2.18. The Morgan fingerprint density at radius 3 is 2.64 bits per heavy atom. The second-order valence-corrected chi connectivity index (χ2v) is 6.91. The fraction of sp³-hybridized carbons (Fsp3) is 0.632. The zero-order valence-corrected chi connectivity index (χ0v) is 14.3. The number of benzene rings is 1. The highest BCUT2D eigenvalue weighted by Gasteiger charge is 2.33. The van der Waals surface area contributed by atoms with Crippen LogP contribution < -0.4 is 10.1 Å². The molecule has 0 spiro atoms. The third kappa shape index (κ3) is 4.75. The molecule has 1 aliphatic rings. The van der Waals surface area contributed by atoms with Crippen LogP contribution in [-0.2, 0) is 4.79 Å². The van der Waals surface area contributed by atoms with Crippen molar-refractivity contribution < 1.29 is 9.53 Å². The summed E-state index contributed by atoms with van der Waals surface area (Å²) in [4.78, 5) is 12.2. The Balaban J connectivity index is 1.98. The molecule has 1 amide bonds. The van der Waals surface area contributed by atoms with E-state index in [1.54, 1.807) is 7.11 Å². The molecule has 3 heteroatoms. The Labute approximate surface area is 134 Å². The number of rotatable bonds is 8. The quantitative estimate of drug-likeness (QED) is 0.787. The molecule has 2 rings (SSSR count). The number of carbonyl (C=O) groups is 1. The molecule has 0 aliphatic heterocycles. The maximum absolute atomic E-state index is 12.2. The molecule has 1 aromatic carbocycles. The second-order valence-electron chi connectivity index (χ2n) is 6.91. The lowest BCUT2D eigenvalue weighted by molar-refractivity contribution is -0.121. The zero-order chi connectivity index (χ0) is 16.1. The molecular formula is C19H29NO2. The average molecular weight is 303 g/mol. The van der Waals surface area contributed by atoms with Gasteiger partial charge in [-0.05, 0) is 61.1 Å². The van der Waals surface area contributed by atoms with Gasteiger partial charge in [-0.25, -0.2) is 0 Å². The highest BCUT2D eigenvalue weighted by molar-refractivity contribution is 5.77. The van der Waals surface area contributed by atoms with Crippen LogP contribution in [0.25, 0.3) is 0 Å². The van der Waals surface area contributed by atoms with E-state index in [2.05, 4.69) is 38.2 Å². The van der Waals surface area contributed by atoms with Gasteiger partial charge in [-0.15, -0.1) is 0 Å². The van der Waals surface area contributed by atoms with E-state index in [0.29, 0.717) is 24.2 Å². The minimum atomic E-state index is 0.186. The van der Waals surface area contributed by atoms with Crippen molar-refractivity contribution in [2.45, 2.75) is 52.4 Å². The van der Waals surface area contributed by atoms with Gasteiger partial charge in [-0.1, -0.05) is 26.0 Å². The van der Waals surface area contributed by atoms with Gasteiger partial charge in [-0.3, -0.25) is 4.79 Å². The number of nitrogens with one attached hydrogen (secondary N) is 1. The van der Waals surface area contributed by atoms with E-state index in [9.17, 15) is 4.79 Å². The van der Waals surface area contributed by atoms with Crippen LogP contribution in [-0.4, -0.2) is 19.6 Å². The van der Waals surface area contributed by atoms with E-state index in [1.807, 2.05) is 6.07 Å². The molecule has 1 atom stereocenters. The Morgan fingerprint density at radius 2 is 2.09 bits per heavy atom. The van der Waals surface area contributed by atoms with Gasteiger partial charge in [0.2, 0.25) is 5.91 Å². The van der Waals surface area contributed by atoms with Crippen molar-refractivity contribution in [3.8, 4) is 5.75 Å². The van der Waals surface area contributed by atoms with Gasteiger partial charge in [0.1, 0.15) is 5.75 Å². The summed E-state index contributed by atoms with van der Waals surface area (Å²) >= 11 is 0. The van der Waals surface area contributed by atoms with Crippen molar-refractivity contribution in [2.75, 3.05) is 13.7 Å². The molecule has 22 heavy (non-hydrogen) atoms. The number of amides is 1. The van der Waals surface area contributed by atoms with E-state index >= 15 is 0 Å². The molecule has 3 nitrogen and oxygen atoms in total. The summed E-state index contributed by atoms with van der Waals surface area (Å²) in [6.07, 6.45) is 4.14. The highest BCUT2D eigenvalue weighted by Crippen LogP contribution is 2.45. The molecule has 0 bridgehead atoms. The van der Waals surface area contributed by atoms with Crippen molar-refractivity contribution in [1.82, 2.24) is 5.32 Å². The summed E-state index contributed by atoms with van der Waals surface area (Å²) in [5.74, 6) is 2.75. The van der Waals surface area contributed by atoms with Crippen LogP contribution in [0.1, 0.15) is 56.6 Å². The predicted octanol–water partition coefficient (Wildman–Crippen LogP) is 4.05. The molecular weight excluding hydrogens is 274 g/mol. The summed E-state index contributed by atoms with van der Waals surface area (Å²) in [5, 5.41) is 3.07. The molecule has 1 aliphatic carbocycles. The summed E-state index contributed by atoms with van der Waals surface area (Å²) in [6, 6.07) is 6.33. The summed E-state index contributed by atoms with van der Waals surface area (Å²) < 4.78 is 5.33. The second kappa shape index (κ2) is 7.66. The zero-order valence-electron chi connectivity index (χ0n) is 14.3. The van der Waals surface area contributed by atoms with E-state index in [4.69, 9.17) is 4.74 Å². The summed E-state index contributed by atoms with van der Waals surface area (Å²) in [6.45, 7) is 7.21. The summed E-state index contributed by atoms with van der Waals surface area (Å²) in [5.41, 5.74) is 2.42. The lowest BCUT2D eigenvalue weighted by Crippen LogP contribution is -2.27. The Morgan fingerprint density at radius 1 is 1.36 bits per heavy atom. The number of ether oxygens (including phenoxy) is 1. The topological polar surface area (TPSA) is 38.3 Å². The number of carbonyl (C=O) groups excluding carboxylic acids is 1. The molecule has 0 aromatic heterocycles. The number of aryl methyl sites for hydroxylation is 1. The van der Waals surface area contributed by atoms with Crippen LogP contribution >= 0.6 is 0 Å². The maximum atomic E-state index is 12.2. The van der Waals surface area contributed by atoms with Crippen molar-refractivity contribution in [1.29, 1.82) is 0 Å². The number of hydrogen-bond acceptors (Lipinski definition) is 2. The molecule has 1 fully saturated rings. The smallest absolute Gasteiger partial charge is 0.220 e. The first-order valence-electron chi connectivity index (χ1n) is 8.42. The van der Waals surface area contributed by atoms with Crippen molar-refractivity contribution in [3.05, 3.63) is 29.3 Å². The third-order valence-electron chi connectivity index (χ3n) is 4.49. The van der Waals surface area contributed by atoms with Crippen LogP contribution in [0.15, 0.2) is 18.2 Å². The molecule has 122 valence electrons. The van der Waals surface area contributed by atoms with Crippen LogP contribution in [0.5, 0.6) is 5.75 Å². The molecule has 1 saturated carbocycles. The van der Waals surface area contributed by atoms with Gasteiger partial charge in [0.15, 0.2) is 0 Å². The SMILES string of the molecule is COc1ccc(C(CC(=O)NCCC(C)C)C2CC2)cc1C. The normalized spacial score (nSPS) is 15.7. The van der Waals surface area contributed by atoms with Gasteiger partial charge >= 0.3 is 0 Å². The number of methoxy groups -OCH3 is 1. The standard InChI is InChI=1S/C19H29NO2/c1-13(2)9-10-20-19(21)12-17(15-5-6-15)16-7-8-18(22-4)14(3)11-16/h7-8,11,13,15,17H,5-6,9-10,12H2,1-4H3,(H,20,21). The third-order valence-corrected chi connectivity index (χ3v) is 4.49. The minimum absolute atomic E-state index is 0.186. The molecule has 1 aromatic rings. The van der Waals surface area contributed by atoms with Gasteiger partial charge in [0.05, 0.1) is 7.11 Å². The van der Waals surface area contributed by atoms with Gasteiger partial charge in [0, 0.05) is 13.0 Å². The van der Waals surface area contributed by atoms with Crippen LogP contribution in [0.2, 0.25) is 0 Å². The Hall–Kier alpha value is -1.51. The minimum Gasteiger partial charge on any atom is -0.496 e. The Bertz CT molecular complexity index is 506. The van der Waals surface area contributed by atoms with Crippen molar-refractivity contribution in [2.24, 2.45) is 11.8 Å². The molecule has 1 N–H and O–H groups in total. The molecule has 0 heterocycles. The van der Waals surface area contributed by atoms with Crippen LogP contribution in [0.4, 0.5) is 0 Å². The van der Waals surface area contributed by atoms with Crippen LogP contribution in [0, 0.1) is 18.8 Å². The first kappa shape index (κ1) is 16.9. The maximum Gasteiger partial charge on any atom is 0.220 e. The first-order valence-corrected chi connectivity index (χ1v) is 8.42. The summed E-state index contributed by atoms with van der Waals surface area (Å²) in [7, 11) is 1.70. The van der Waals surface area contributed by atoms with Crippen molar-refractivity contribution >= 4 is 5.91 Å². The largest absolute Gasteiger partial charge is 0.496 e. The molecule has 0 radical (unpaired) electrons. The molecule has 0 saturated heterocycles. The fourth-order valence-corrected chi connectivity index (χ4v) is 2.96. The highest BCUT2D eigenvalue weighted by atomic mass is 16.5. The predicted molar refractivity (Wildman–Crippen MR) is 90.3 cm³/mol. The van der Waals surface area contributed by atoms with E-state index in [-0.39, 0.29) is 5.91 Å². The Kier molecular flexibility index (Phi) is 5.87. The van der Waals surface area contributed by atoms with E-state index in [0.717, 1.165) is 24.3 Å². The van der Waals surface area contributed by atoms with Gasteiger partial charge in [0.25, 0.3) is 0 Å². The van der Waals surface area contributed by atoms with Gasteiger partial charge < -0.3 is 10.1 Å².